The summed E-state index contributed by atoms with van der Waals surface area (Å²) in [5, 5.41) is 3.08. The lowest BCUT2D eigenvalue weighted by Crippen LogP contribution is -2.05. The Morgan fingerprint density at radius 1 is 1.54 bits per heavy atom. The molecule has 0 spiro atoms. The fourth-order valence-electron chi connectivity index (χ4n) is 1.29. The molecule has 0 fully saturated rings. The Balaban J connectivity index is 2.60. The summed E-state index contributed by atoms with van der Waals surface area (Å²) in [6.07, 6.45) is 1.99. The molecule has 4 heteroatoms. The minimum Gasteiger partial charge on any atom is -0.314 e. The van der Waals surface area contributed by atoms with Crippen LogP contribution in [0.4, 0.5) is 0 Å². The smallest absolute Gasteiger partial charge is 0.137 e. The van der Waals surface area contributed by atoms with Gasteiger partial charge in [0.15, 0.2) is 0 Å². The average molecular weight is 240 g/mol. The fourth-order valence-corrected chi connectivity index (χ4v) is 1.82. The molecular weight excluding hydrogens is 230 g/mol. The summed E-state index contributed by atoms with van der Waals surface area (Å²) < 4.78 is 3.05. The minimum absolute atomic E-state index is 0.780. The van der Waals surface area contributed by atoms with Crippen LogP contribution < -0.4 is 5.32 Å². The molecule has 13 heavy (non-hydrogen) atoms. The third-order valence-electron chi connectivity index (χ3n) is 1.88. The van der Waals surface area contributed by atoms with Crippen molar-refractivity contribution in [1.82, 2.24) is 14.7 Å². The summed E-state index contributed by atoms with van der Waals surface area (Å²) in [4.78, 5) is 4.46. The fraction of sp³-hybridized carbons (Fsp3) is 0.222. The maximum Gasteiger partial charge on any atom is 0.137 e. The van der Waals surface area contributed by atoms with Gasteiger partial charge in [0.05, 0.1) is 5.69 Å². The van der Waals surface area contributed by atoms with Crippen LogP contribution in [0.5, 0.6) is 0 Å². The highest BCUT2D eigenvalue weighted by Crippen LogP contribution is 2.18. The molecule has 0 aliphatic carbocycles. The van der Waals surface area contributed by atoms with Crippen LogP contribution in [0, 0.1) is 0 Å². The van der Waals surface area contributed by atoms with Crippen LogP contribution in [0.15, 0.2) is 29.0 Å². The van der Waals surface area contributed by atoms with E-state index >= 15 is 0 Å². The van der Waals surface area contributed by atoms with E-state index in [-0.39, 0.29) is 0 Å². The first-order chi connectivity index (χ1) is 6.33. The standard InChI is InChI=1S/C9H10BrN3/c1-11-6-7-9(10)13-5-3-2-4-8(13)12-7/h2-5,11H,6H2,1H3. The van der Waals surface area contributed by atoms with E-state index in [0.29, 0.717) is 0 Å². The van der Waals surface area contributed by atoms with Crippen LogP contribution >= 0.6 is 15.9 Å². The Bertz CT molecular complexity index is 422. The Morgan fingerprint density at radius 3 is 3.08 bits per heavy atom. The predicted octanol–water partition coefficient (Wildman–Crippen LogP) is 1.82. The normalized spacial score (nSPS) is 10.9. The summed E-state index contributed by atoms with van der Waals surface area (Å²) in [6.45, 7) is 0.780. The zero-order chi connectivity index (χ0) is 9.26. The van der Waals surface area contributed by atoms with Gasteiger partial charge in [-0.1, -0.05) is 6.07 Å². The van der Waals surface area contributed by atoms with Crippen molar-refractivity contribution in [2.45, 2.75) is 6.54 Å². The third kappa shape index (κ3) is 1.47. The summed E-state index contributed by atoms with van der Waals surface area (Å²) in [5.74, 6) is 0. The second-order valence-electron chi connectivity index (χ2n) is 2.81. The van der Waals surface area contributed by atoms with Gasteiger partial charge < -0.3 is 5.32 Å². The largest absolute Gasteiger partial charge is 0.314 e. The van der Waals surface area contributed by atoms with Gasteiger partial charge in [-0.15, -0.1) is 0 Å². The van der Waals surface area contributed by atoms with Gasteiger partial charge in [0, 0.05) is 12.7 Å². The zero-order valence-electron chi connectivity index (χ0n) is 7.29. The molecule has 0 amide bonds. The first kappa shape index (κ1) is 8.72. The van der Waals surface area contributed by atoms with E-state index in [1.165, 1.54) is 0 Å². The first-order valence-corrected chi connectivity index (χ1v) is 4.88. The lowest BCUT2D eigenvalue weighted by Gasteiger charge is -1.94. The highest BCUT2D eigenvalue weighted by atomic mass is 79.9. The number of fused-ring (bicyclic) bond motifs is 1. The van der Waals surface area contributed by atoms with Crippen LogP contribution in [-0.4, -0.2) is 16.4 Å². The van der Waals surface area contributed by atoms with Crippen LogP contribution in [0.1, 0.15) is 5.69 Å². The SMILES string of the molecule is CNCc1nc2ccccn2c1Br. The van der Waals surface area contributed by atoms with Crippen molar-refractivity contribution in [2.75, 3.05) is 7.05 Å². The number of hydrogen-bond acceptors (Lipinski definition) is 2. The molecule has 0 aromatic carbocycles. The molecule has 2 rings (SSSR count). The van der Waals surface area contributed by atoms with Crippen molar-refractivity contribution in [3.05, 3.63) is 34.7 Å². The second-order valence-corrected chi connectivity index (χ2v) is 3.56. The van der Waals surface area contributed by atoms with E-state index in [4.69, 9.17) is 0 Å². The van der Waals surface area contributed by atoms with E-state index in [2.05, 4.69) is 26.2 Å². The molecule has 0 radical (unpaired) electrons. The van der Waals surface area contributed by atoms with Gasteiger partial charge in [-0.2, -0.15) is 0 Å². The van der Waals surface area contributed by atoms with Gasteiger partial charge in [-0.05, 0) is 35.1 Å². The van der Waals surface area contributed by atoms with Crippen molar-refractivity contribution in [3.8, 4) is 0 Å². The van der Waals surface area contributed by atoms with Crippen LogP contribution in [-0.2, 0) is 6.54 Å². The molecule has 2 heterocycles. The number of nitrogens with one attached hydrogen (secondary N) is 1. The van der Waals surface area contributed by atoms with Gasteiger partial charge >= 0.3 is 0 Å². The number of nitrogens with zero attached hydrogens (tertiary/aromatic N) is 2. The molecular formula is C9H10BrN3. The number of rotatable bonds is 2. The van der Waals surface area contributed by atoms with E-state index in [9.17, 15) is 0 Å². The minimum atomic E-state index is 0.780. The van der Waals surface area contributed by atoms with Gasteiger partial charge in [-0.25, -0.2) is 4.98 Å². The summed E-state index contributed by atoms with van der Waals surface area (Å²) >= 11 is 3.51. The molecule has 0 saturated carbocycles. The first-order valence-electron chi connectivity index (χ1n) is 4.09. The number of hydrogen-bond donors (Lipinski definition) is 1. The number of imidazole rings is 1. The highest BCUT2D eigenvalue weighted by Gasteiger charge is 2.06. The Kier molecular flexibility index (Phi) is 2.33. The van der Waals surface area contributed by atoms with Crippen molar-refractivity contribution in [1.29, 1.82) is 0 Å². The number of aromatic nitrogens is 2. The average Bonchev–Trinajstić information content (AvgIpc) is 2.46. The predicted molar refractivity (Wildman–Crippen MR) is 55.7 cm³/mol. The lowest BCUT2D eigenvalue weighted by molar-refractivity contribution is 0.793. The summed E-state index contributed by atoms with van der Waals surface area (Å²) in [5.41, 5.74) is 2.01. The maximum atomic E-state index is 4.46. The van der Waals surface area contributed by atoms with Crippen LogP contribution in [0.2, 0.25) is 0 Å². The summed E-state index contributed by atoms with van der Waals surface area (Å²) in [7, 11) is 1.91. The Hall–Kier alpha value is -0.870. The van der Waals surface area contributed by atoms with Crippen molar-refractivity contribution < 1.29 is 0 Å². The molecule has 3 nitrogen and oxygen atoms in total. The molecule has 68 valence electrons. The quantitative estimate of drug-likeness (QED) is 0.867. The summed E-state index contributed by atoms with van der Waals surface area (Å²) in [6, 6.07) is 5.96. The molecule has 0 unspecified atom stereocenters. The van der Waals surface area contributed by atoms with Gasteiger partial charge in [-0.3, -0.25) is 4.40 Å². The second kappa shape index (κ2) is 3.47. The molecule has 2 aromatic heterocycles. The molecule has 0 aliphatic heterocycles. The Morgan fingerprint density at radius 2 is 2.38 bits per heavy atom. The monoisotopic (exact) mass is 239 g/mol. The lowest BCUT2D eigenvalue weighted by atomic mass is 10.5. The molecule has 0 saturated heterocycles. The third-order valence-corrected chi connectivity index (χ3v) is 2.72. The van der Waals surface area contributed by atoms with E-state index in [1.807, 2.05) is 35.8 Å². The molecule has 1 N–H and O–H groups in total. The van der Waals surface area contributed by atoms with Crippen molar-refractivity contribution in [3.63, 3.8) is 0 Å². The molecule has 0 atom stereocenters. The number of pyridine rings is 1. The van der Waals surface area contributed by atoms with Gasteiger partial charge in [0.25, 0.3) is 0 Å². The Labute approximate surface area is 84.9 Å². The molecule has 2 aromatic rings. The molecule has 0 bridgehead atoms. The van der Waals surface area contributed by atoms with E-state index in [1.54, 1.807) is 0 Å². The van der Waals surface area contributed by atoms with Crippen molar-refractivity contribution >= 4 is 21.6 Å². The van der Waals surface area contributed by atoms with Crippen LogP contribution in [0.3, 0.4) is 0 Å². The van der Waals surface area contributed by atoms with Gasteiger partial charge in [0.1, 0.15) is 10.3 Å². The number of halogens is 1. The highest BCUT2D eigenvalue weighted by molar-refractivity contribution is 9.10. The zero-order valence-corrected chi connectivity index (χ0v) is 8.87. The maximum absolute atomic E-state index is 4.46. The van der Waals surface area contributed by atoms with E-state index in [0.717, 1.165) is 22.5 Å². The van der Waals surface area contributed by atoms with Gasteiger partial charge in [0.2, 0.25) is 0 Å². The topological polar surface area (TPSA) is 29.3 Å². The van der Waals surface area contributed by atoms with Crippen molar-refractivity contribution in [2.24, 2.45) is 0 Å². The van der Waals surface area contributed by atoms with Crippen LogP contribution in [0.25, 0.3) is 5.65 Å². The molecule has 0 aliphatic rings. The van der Waals surface area contributed by atoms with E-state index < -0.39 is 0 Å².